The summed E-state index contributed by atoms with van der Waals surface area (Å²) >= 11 is 1.49. The predicted molar refractivity (Wildman–Crippen MR) is 81.4 cm³/mol. The zero-order valence-corrected chi connectivity index (χ0v) is 12.8. The number of carboxylic acids is 1. The van der Waals surface area contributed by atoms with Crippen LogP contribution in [-0.4, -0.2) is 23.5 Å². The van der Waals surface area contributed by atoms with Crippen molar-refractivity contribution < 1.29 is 14.7 Å². The molecule has 1 heterocycles. The molecule has 0 unspecified atom stereocenters. The van der Waals surface area contributed by atoms with E-state index in [0.717, 1.165) is 49.0 Å². The second kappa shape index (κ2) is 9.53. The highest BCUT2D eigenvalue weighted by atomic mass is 32.1. The molecule has 0 aromatic carbocycles. The van der Waals surface area contributed by atoms with Gasteiger partial charge in [-0.25, -0.2) is 0 Å². The van der Waals surface area contributed by atoms with Crippen LogP contribution in [0.15, 0.2) is 11.4 Å². The van der Waals surface area contributed by atoms with Gasteiger partial charge in [0.1, 0.15) is 0 Å². The van der Waals surface area contributed by atoms with Crippen LogP contribution in [0.2, 0.25) is 0 Å². The third-order valence-electron chi connectivity index (χ3n) is 3.19. The van der Waals surface area contributed by atoms with Crippen LogP contribution in [0.4, 0.5) is 0 Å². The molecular formula is C15H23NO3S. The van der Waals surface area contributed by atoms with Crippen molar-refractivity contribution in [3.8, 4) is 0 Å². The number of unbranched alkanes of at least 4 members (excludes halogenated alkanes) is 4. The highest BCUT2D eigenvalue weighted by molar-refractivity contribution is 7.12. The average Bonchev–Trinajstić information content (AvgIpc) is 2.89. The molecular weight excluding hydrogens is 274 g/mol. The Morgan fingerprint density at radius 3 is 2.60 bits per heavy atom. The van der Waals surface area contributed by atoms with Gasteiger partial charge < -0.3 is 10.4 Å². The summed E-state index contributed by atoms with van der Waals surface area (Å²) in [5, 5.41) is 13.4. The SMILES string of the molecule is CCc1ccsc1C(=O)NCCCCCCCC(=O)O. The summed E-state index contributed by atoms with van der Waals surface area (Å²) in [4.78, 5) is 23.1. The van der Waals surface area contributed by atoms with Crippen molar-refractivity contribution in [3.05, 3.63) is 21.9 Å². The summed E-state index contributed by atoms with van der Waals surface area (Å²) < 4.78 is 0. The molecule has 1 aromatic rings. The van der Waals surface area contributed by atoms with Crippen LogP contribution in [0.3, 0.4) is 0 Å². The Hall–Kier alpha value is -1.36. The first-order valence-corrected chi connectivity index (χ1v) is 8.09. The summed E-state index contributed by atoms with van der Waals surface area (Å²) in [5.74, 6) is -0.692. The van der Waals surface area contributed by atoms with Gasteiger partial charge in [-0.05, 0) is 36.3 Å². The van der Waals surface area contributed by atoms with E-state index in [1.165, 1.54) is 11.3 Å². The van der Waals surface area contributed by atoms with E-state index in [-0.39, 0.29) is 12.3 Å². The smallest absolute Gasteiger partial charge is 0.303 e. The molecule has 0 bridgehead atoms. The number of carbonyl (C=O) groups is 2. The summed E-state index contributed by atoms with van der Waals surface area (Å²) in [5.41, 5.74) is 1.11. The van der Waals surface area contributed by atoms with Gasteiger partial charge in [-0.3, -0.25) is 9.59 Å². The quantitative estimate of drug-likeness (QED) is 0.650. The largest absolute Gasteiger partial charge is 0.481 e. The molecule has 0 saturated heterocycles. The maximum atomic E-state index is 11.9. The van der Waals surface area contributed by atoms with Crippen LogP contribution in [0.1, 0.15) is 60.7 Å². The number of carboxylic acid groups (broad SMARTS) is 1. The molecule has 0 atom stereocenters. The lowest BCUT2D eigenvalue weighted by Crippen LogP contribution is -2.24. The Morgan fingerprint density at radius 1 is 1.20 bits per heavy atom. The van der Waals surface area contributed by atoms with Crippen LogP contribution in [0.25, 0.3) is 0 Å². The maximum absolute atomic E-state index is 11.9. The standard InChI is InChI=1S/C15H23NO3S/c1-2-12-9-11-20-14(12)15(19)16-10-7-5-3-4-6-8-13(17)18/h9,11H,2-8,10H2,1H3,(H,16,19)(H,17,18). The molecule has 0 radical (unpaired) electrons. The van der Waals surface area contributed by atoms with Gasteiger partial charge in [-0.2, -0.15) is 0 Å². The first-order chi connectivity index (χ1) is 9.65. The zero-order chi connectivity index (χ0) is 14.8. The lowest BCUT2D eigenvalue weighted by molar-refractivity contribution is -0.137. The van der Waals surface area contributed by atoms with Crippen molar-refractivity contribution in [3.63, 3.8) is 0 Å². The fourth-order valence-corrected chi connectivity index (χ4v) is 2.94. The van der Waals surface area contributed by atoms with E-state index in [2.05, 4.69) is 12.2 Å². The van der Waals surface area contributed by atoms with Crippen molar-refractivity contribution in [2.45, 2.75) is 51.9 Å². The minimum absolute atomic E-state index is 0.0303. The van der Waals surface area contributed by atoms with E-state index in [4.69, 9.17) is 5.11 Å². The van der Waals surface area contributed by atoms with E-state index in [9.17, 15) is 9.59 Å². The van der Waals surface area contributed by atoms with Gasteiger partial charge in [-0.1, -0.05) is 26.2 Å². The third kappa shape index (κ3) is 6.19. The van der Waals surface area contributed by atoms with Crippen LogP contribution in [0, 0.1) is 0 Å². The topological polar surface area (TPSA) is 66.4 Å². The molecule has 1 rings (SSSR count). The fraction of sp³-hybridized carbons (Fsp3) is 0.600. The second-order valence-corrected chi connectivity index (χ2v) is 5.71. The van der Waals surface area contributed by atoms with Crippen LogP contribution >= 0.6 is 11.3 Å². The van der Waals surface area contributed by atoms with Crippen LogP contribution in [-0.2, 0) is 11.2 Å². The van der Waals surface area contributed by atoms with Gasteiger partial charge in [-0.15, -0.1) is 11.3 Å². The van der Waals surface area contributed by atoms with E-state index >= 15 is 0 Å². The molecule has 4 nitrogen and oxygen atoms in total. The highest BCUT2D eigenvalue weighted by Gasteiger charge is 2.10. The van der Waals surface area contributed by atoms with Crippen molar-refractivity contribution in [1.82, 2.24) is 5.32 Å². The number of amides is 1. The predicted octanol–water partition coefficient (Wildman–Crippen LogP) is 3.47. The molecule has 0 aliphatic heterocycles. The van der Waals surface area contributed by atoms with Crippen molar-refractivity contribution in [1.29, 1.82) is 0 Å². The first kappa shape index (κ1) is 16.7. The van der Waals surface area contributed by atoms with Gasteiger partial charge in [0.2, 0.25) is 0 Å². The van der Waals surface area contributed by atoms with Crippen LogP contribution < -0.4 is 5.32 Å². The molecule has 0 aliphatic rings. The Labute approximate surface area is 124 Å². The van der Waals surface area contributed by atoms with Crippen LogP contribution in [0.5, 0.6) is 0 Å². The molecule has 112 valence electrons. The zero-order valence-electron chi connectivity index (χ0n) is 12.0. The lowest BCUT2D eigenvalue weighted by atomic mass is 10.1. The number of aryl methyl sites for hydroxylation is 1. The number of hydrogen-bond acceptors (Lipinski definition) is 3. The molecule has 2 N–H and O–H groups in total. The average molecular weight is 297 g/mol. The summed E-state index contributed by atoms with van der Waals surface area (Å²) in [6, 6.07) is 2.00. The van der Waals surface area contributed by atoms with Gasteiger partial charge in [0.15, 0.2) is 0 Å². The van der Waals surface area contributed by atoms with Gasteiger partial charge in [0.25, 0.3) is 5.91 Å². The van der Waals surface area contributed by atoms with E-state index < -0.39 is 5.97 Å². The minimum atomic E-state index is -0.722. The number of rotatable bonds is 10. The van der Waals surface area contributed by atoms with Gasteiger partial charge in [0, 0.05) is 13.0 Å². The molecule has 0 fully saturated rings. The van der Waals surface area contributed by atoms with E-state index in [1.54, 1.807) is 0 Å². The van der Waals surface area contributed by atoms with Crippen molar-refractivity contribution in [2.75, 3.05) is 6.54 Å². The summed E-state index contributed by atoms with van der Waals surface area (Å²) in [7, 11) is 0. The molecule has 5 heteroatoms. The van der Waals surface area contributed by atoms with E-state index in [1.807, 2.05) is 11.4 Å². The Balaban J connectivity index is 2.07. The number of carbonyl (C=O) groups excluding carboxylic acids is 1. The lowest BCUT2D eigenvalue weighted by Gasteiger charge is -2.05. The summed E-state index contributed by atoms with van der Waals surface area (Å²) in [6.07, 6.45) is 5.85. The molecule has 0 aliphatic carbocycles. The Kier molecular flexibility index (Phi) is 7.95. The number of hydrogen-bond donors (Lipinski definition) is 2. The van der Waals surface area contributed by atoms with Gasteiger partial charge in [0.05, 0.1) is 4.88 Å². The third-order valence-corrected chi connectivity index (χ3v) is 4.14. The first-order valence-electron chi connectivity index (χ1n) is 7.21. The van der Waals surface area contributed by atoms with E-state index in [0.29, 0.717) is 6.54 Å². The molecule has 0 spiro atoms. The molecule has 1 amide bonds. The normalized spacial score (nSPS) is 10.4. The van der Waals surface area contributed by atoms with Crippen molar-refractivity contribution in [2.24, 2.45) is 0 Å². The van der Waals surface area contributed by atoms with Crippen molar-refractivity contribution >= 4 is 23.2 Å². The Morgan fingerprint density at radius 2 is 1.90 bits per heavy atom. The highest BCUT2D eigenvalue weighted by Crippen LogP contribution is 2.17. The molecule has 0 saturated carbocycles. The fourth-order valence-electron chi connectivity index (χ4n) is 2.03. The second-order valence-electron chi connectivity index (χ2n) is 4.80. The molecule has 1 aromatic heterocycles. The maximum Gasteiger partial charge on any atom is 0.303 e. The monoisotopic (exact) mass is 297 g/mol. The Bertz CT molecular complexity index is 429. The number of nitrogens with one attached hydrogen (secondary N) is 1. The minimum Gasteiger partial charge on any atom is -0.481 e. The van der Waals surface area contributed by atoms with Gasteiger partial charge >= 0.3 is 5.97 Å². The number of aliphatic carboxylic acids is 1. The molecule has 20 heavy (non-hydrogen) atoms. The number of thiophene rings is 1. The summed E-state index contributed by atoms with van der Waals surface area (Å²) in [6.45, 7) is 2.74.